The highest BCUT2D eigenvalue weighted by Gasteiger charge is 2.19. The van der Waals surface area contributed by atoms with Gasteiger partial charge in [0.15, 0.2) is 0 Å². The van der Waals surface area contributed by atoms with Crippen molar-refractivity contribution in [1.29, 1.82) is 0 Å². The molecule has 3 unspecified atom stereocenters. The lowest BCUT2D eigenvalue weighted by Gasteiger charge is -2.18. The van der Waals surface area contributed by atoms with Crippen LogP contribution in [0.4, 0.5) is 0 Å². The van der Waals surface area contributed by atoms with Crippen LogP contribution in [0.5, 0.6) is 0 Å². The van der Waals surface area contributed by atoms with Crippen LogP contribution in [0, 0.1) is 0 Å². The summed E-state index contributed by atoms with van der Waals surface area (Å²) in [6.45, 7) is 3.85. The Morgan fingerprint density at radius 3 is 1.31 bits per heavy atom. The minimum atomic E-state index is -0.886. The third kappa shape index (κ3) is 15.7. The molecule has 6 nitrogen and oxygen atoms in total. The smallest absolute Gasteiger partial charge is 0.150 e. The second-order valence-corrected chi connectivity index (χ2v) is 7.82. The summed E-state index contributed by atoms with van der Waals surface area (Å²) in [6.07, 6.45) is 2.82. The van der Waals surface area contributed by atoms with Gasteiger partial charge in [-0.2, -0.15) is 0 Å². The standard InChI is InChI=1S/C14H14O2.C7H6O.C5H12O2.C4H8O/c15-13(11-7-3-1-4-8-11)14(16)12-9-5-2-6-10-12;8-6-7-4-2-1-3-5-7;1-2-3-5(7)4-6;1-2-3-4-5/h1-10,13-16H;1-6H;5-7H,2-4H2,1H3;4H,2-3H2,1H3. The van der Waals surface area contributed by atoms with Crippen LogP contribution in [0.2, 0.25) is 0 Å². The fraction of sp³-hybridized carbons (Fsp3) is 0.333. The summed E-state index contributed by atoms with van der Waals surface area (Å²) in [6, 6.07) is 27.4. The molecule has 0 saturated carbocycles. The molecule has 36 heavy (non-hydrogen) atoms. The Bertz CT molecular complexity index is 844. The van der Waals surface area contributed by atoms with Crippen molar-refractivity contribution in [3.63, 3.8) is 0 Å². The number of hydrogen-bond acceptors (Lipinski definition) is 6. The number of aliphatic hydroxyl groups excluding tert-OH is 4. The van der Waals surface area contributed by atoms with E-state index in [1.165, 1.54) is 0 Å². The van der Waals surface area contributed by atoms with E-state index in [0.29, 0.717) is 12.8 Å². The molecule has 0 fully saturated rings. The van der Waals surface area contributed by atoms with Gasteiger partial charge >= 0.3 is 0 Å². The molecule has 0 heterocycles. The molecular formula is C30H40O6. The Kier molecular flexibility index (Phi) is 20.4. The van der Waals surface area contributed by atoms with E-state index in [2.05, 4.69) is 0 Å². The number of benzene rings is 3. The van der Waals surface area contributed by atoms with Gasteiger partial charge in [0.05, 0.1) is 12.7 Å². The molecule has 0 aliphatic rings. The van der Waals surface area contributed by atoms with Crippen molar-refractivity contribution in [3.05, 3.63) is 108 Å². The lowest BCUT2D eigenvalue weighted by atomic mass is 9.99. The number of carbonyl (C=O) groups excluding carboxylic acids is 2. The molecule has 0 saturated heterocycles. The molecule has 3 aromatic carbocycles. The van der Waals surface area contributed by atoms with Crippen LogP contribution in [0.25, 0.3) is 0 Å². The third-order valence-corrected chi connectivity index (χ3v) is 4.76. The number of aldehydes is 2. The molecule has 0 aliphatic heterocycles. The summed E-state index contributed by atoms with van der Waals surface area (Å²) in [5.41, 5.74) is 2.17. The Balaban J connectivity index is 0.000000515. The first-order chi connectivity index (χ1) is 17.4. The number of carbonyl (C=O) groups is 2. The van der Waals surface area contributed by atoms with Crippen molar-refractivity contribution in [3.8, 4) is 0 Å². The maximum atomic E-state index is 10.0. The molecule has 0 aromatic heterocycles. The van der Waals surface area contributed by atoms with Gasteiger partial charge in [-0.25, -0.2) is 0 Å². The van der Waals surface area contributed by atoms with E-state index in [0.717, 1.165) is 42.1 Å². The Morgan fingerprint density at radius 2 is 1.08 bits per heavy atom. The molecule has 0 spiro atoms. The normalized spacial score (nSPS) is 12.1. The topological polar surface area (TPSA) is 115 Å². The summed E-state index contributed by atoms with van der Waals surface area (Å²) in [7, 11) is 0. The average Bonchev–Trinajstić information content (AvgIpc) is 2.95. The van der Waals surface area contributed by atoms with Crippen molar-refractivity contribution in [2.75, 3.05) is 6.61 Å². The second kappa shape index (κ2) is 22.3. The molecule has 6 heteroatoms. The van der Waals surface area contributed by atoms with E-state index in [1.807, 2.05) is 68.4 Å². The molecule has 0 aliphatic carbocycles. The van der Waals surface area contributed by atoms with Crippen LogP contribution >= 0.6 is 0 Å². The average molecular weight is 497 g/mol. The van der Waals surface area contributed by atoms with Gasteiger partial charge in [-0.15, -0.1) is 0 Å². The minimum Gasteiger partial charge on any atom is -0.394 e. The molecule has 0 bridgehead atoms. The third-order valence-electron chi connectivity index (χ3n) is 4.76. The van der Waals surface area contributed by atoms with Crippen molar-refractivity contribution in [2.45, 2.75) is 57.8 Å². The molecule has 0 radical (unpaired) electrons. The SMILES string of the molecule is CCCC(O)CO.CCCC=O.O=Cc1ccccc1.OC(c1ccccc1)C(O)c1ccccc1. The highest BCUT2D eigenvalue weighted by molar-refractivity contribution is 5.74. The Hall–Kier alpha value is -3.16. The van der Waals surface area contributed by atoms with E-state index in [-0.39, 0.29) is 6.61 Å². The van der Waals surface area contributed by atoms with E-state index in [4.69, 9.17) is 10.2 Å². The van der Waals surface area contributed by atoms with E-state index >= 15 is 0 Å². The van der Waals surface area contributed by atoms with Crippen LogP contribution in [0.15, 0.2) is 91.0 Å². The molecule has 3 atom stereocenters. The monoisotopic (exact) mass is 496 g/mol. The predicted octanol–water partition coefficient (Wildman–Crippen LogP) is 5.08. The van der Waals surface area contributed by atoms with Gasteiger partial charge in [-0.05, 0) is 24.0 Å². The van der Waals surface area contributed by atoms with Crippen LogP contribution in [0.1, 0.15) is 73.2 Å². The van der Waals surface area contributed by atoms with E-state index in [9.17, 15) is 19.8 Å². The van der Waals surface area contributed by atoms with Gasteiger partial charge in [0.1, 0.15) is 24.8 Å². The second-order valence-electron chi connectivity index (χ2n) is 7.82. The predicted molar refractivity (Wildman–Crippen MR) is 144 cm³/mol. The summed E-state index contributed by atoms with van der Waals surface area (Å²) in [5, 5.41) is 36.8. The highest BCUT2D eigenvalue weighted by Crippen LogP contribution is 2.27. The molecule has 3 rings (SSSR count). The lowest BCUT2D eigenvalue weighted by Crippen LogP contribution is -2.10. The first-order valence-electron chi connectivity index (χ1n) is 12.1. The number of unbranched alkanes of at least 4 members (excludes halogenated alkanes) is 1. The van der Waals surface area contributed by atoms with Crippen LogP contribution < -0.4 is 0 Å². The highest BCUT2D eigenvalue weighted by atomic mass is 16.3. The zero-order valence-corrected chi connectivity index (χ0v) is 21.2. The van der Waals surface area contributed by atoms with E-state index in [1.54, 1.807) is 36.4 Å². The minimum absolute atomic E-state index is 0.103. The summed E-state index contributed by atoms with van der Waals surface area (Å²) in [4.78, 5) is 19.4. The summed E-state index contributed by atoms with van der Waals surface area (Å²) < 4.78 is 0. The maximum absolute atomic E-state index is 10.0. The van der Waals surface area contributed by atoms with Gasteiger partial charge in [-0.3, -0.25) is 4.79 Å². The molecule has 4 N–H and O–H groups in total. The zero-order chi connectivity index (χ0) is 27.0. The number of aliphatic hydroxyl groups is 4. The fourth-order valence-corrected chi connectivity index (χ4v) is 2.74. The van der Waals surface area contributed by atoms with Crippen LogP contribution in [-0.2, 0) is 4.79 Å². The lowest BCUT2D eigenvalue weighted by molar-refractivity contribution is -0.107. The van der Waals surface area contributed by atoms with Crippen LogP contribution in [-0.4, -0.2) is 45.7 Å². The largest absolute Gasteiger partial charge is 0.394 e. The molecular weight excluding hydrogens is 456 g/mol. The first-order valence-corrected chi connectivity index (χ1v) is 12.1. The summed E-state index contributed by atoms with van der Waals surface area (Å²) >= 11 is 0. The maximum Gasteiger partial charge on any atom is 0.150 e. The van der Waals surface area contributed by atoms with Crippen LogP contribution in [0.3, 0.4) is 0 Å². The van der Waals surface area contributed by atoms with Crippen molar-refractivity contribution >= 4 is 12.6 Å². The first kappa shape index (κ1) is 32.8. The van der Waals surface area contributed by atoms with Crippen molar-refractivity contribution in [1.82, 2.24) is 0 Å². The van der Waals surface area contributed by atoms with Gasteiger partial charge in [-0.1, -0.05) is 111 Å². The molecule has 3 aromatic rings. The van der Waals surface area contributed by atoms with Gasteiger partial charge in [0.25, 0.3) is 0 Å². The fourth-order valence-electron chi connectivity index (χ4n) is 2.74. The van der Waals surface area contributed by atoms with Crippen molar-refractivity contribution in [2.24, 2.45) is 0 Å². The van der Waals surface area contributed by atoms with Crippen molar-refractivity contribution < 1.29 is 30.0 Å². The molecule has 196 valence electrons. The van der Waals surface area contributed by atoms with Gasteiger partial charge < -0.3 is 25.2 Å². The number of rotatable bonds is 9. The van der Waals surface area contributed by atoms with Gasteiger partial charge in [0, 0.05) is 12.0 Å². The van der Waals surface area contributed by atoms with E-state index < -0.39 is 18.3 Å². The molecule has 0 amide bonds. The quantitative estimate of drug-likeness (QED) is 0.307. The Labute approximate surface area is 214 Å². The number of hydrogen-bond donors (Lipinski definition) is 4. The van der Waals surface area contributed by atoms with Gasteiger partial charge in [0.2, 0.25) is 0 Å². The summed E-state index contributed by atoms with van der Waals surface area (Å²) in [5.74, 6) is 0. The Morgan fingerprint density at radius 1 is 0.667 bits per heavy atom. The zero-order valence-electron chi connectivity index (χ0n) is 21.2.